The number of hydrogen-bond acceptors (Lipinski definition) is 1. The fourth-order valence-corrected chi connectivity index (χ4v) is 1.93. The van der Waals surface area contributed by atoms with Crippen molar-refractivity contribution in [1.82, 2.24) is 5.32 Å². The molecule has 1 atom stereocenters. The first kappa shape index (κ1) is 16.2. The molecule has 1 nitrogen and oxygen atoms in total. The summed E-state index contributed by atoms with van der Waals surface area (Å²) < 4.78 is 13.9. The number of rotatable bonds is 5. The summed E-state index contributed by atoms with van der Waals surface area (Å²) in [6.45, 7) is 13.0. The summed E-state index contributed by atoms with van der Waals surface area (Å²) in [7, 11) is 0. The van der Waals surface area contributed by atoms with Crippen LogP contribution in [-0.2, 0) is 6.42 Å². The molecular weight excluding hydrogens is 261 g/mol. The van der Waals surface area contributed by atoms with Crippen LogP contribution in [0.4, 0.5) is 4.39 Å². The van der Waals surface area contributed by atoms with Crippen molar-refractivity contribution < 1.29 is 4.39 Å². The molecule has 1 aromatic rings. The molecule has 1 rings (SSSR count). The zero-order chi connectivity index (χ0) is 14.7. The molecule has 0 spiro atoms. The van der Waals surface area contributed by atoms with E-state index in [1.54, 1.807) is 12.1 Å². The Bertz CT molecular complexity index is 451. The minimum absolute atomic E-state index is 0.0306. The number of halogens is 2. The molecule has 0 aromatic heterocycles. The standard InChI is InChI=1S/C16H23ClFN/c1-6-16(5,11-19-15(2,3)4)10-12-7-8-13(17)9-14(12)18/h6-9,19H,1,10-11H2,2-5H3. The largest absolute Gasteiger partial charge is 0.311 e. The van der Waals surface area contributed by atoms with E-state index in [0.717, 1.165) is 6.54 Å². The average molecular weight is 284 g/mol. The van der Waals surface area contributed by atoms with Crippen molar-refractivity contribution in [1.29, 1.82) is 0 Å². The quantitative estimate of drug-likeness (QED) is 0.779. The van der Waals surface area contributed by atoms with Gasteiger partial charge in [0.15, 0.2) is 0 Å². The molecule has 0 radical (unpaired) electrons. The summed E-state index contributed by atoms with van der Waals surface area (Å²) in [6, 6.07) is 4.83. The van der Waals surface area contributed by atoms with E-state index < -0.39 is 0 Å². The molecule has 1 N–H and O–H groups in total. The second-order valence-electron chi connectivity index (χ2n) is 6.37. The molecule has 19 heavy (non-hydrogen) atoms. The minimum atomic E-state index is -0.253. The molecule has 0 aliphatic rings. The zero-order valence-corrected chi connectivity index (χ0v) is 12.9. The molecule has 0 saturated carbocycles. The van der Waals surface area contributed by atoms with Crippen LogP contribution in [0.25, 0.3) is 0 Å². The van der Waals surface area contributed by atoms with Gasteiger partial charge in [-0.2, -0.15) is 0 Å². The van der Waals surface area contributed by atoms with Crippen LogP contribution < -0.4 is 5.32 Å². The summed E-state index contributed by atoms with van der Waals surface area (Å²) in [5.41, 5.74) is 0.507. The summed E-state index contributed by atoms with van der Waals surface area (Å²) in [5.74, 6) is -0.253. The van der Waals surface area contributed by atoms with E-state index in [4.69, 9.17) is 11.6 Å². The van der Waals surface area contributed by atoms with Crippen LogP contribution in [0.15, 0.2) is 30.9 Å². The van der Waals surface area contributed by atoms with Crippen LogP contribution in [-0.4, -0.2) is 12.1 Å². The molecule has 0 fully saturated rings. The van der Waals surface area contributed by atoms with E-state index in [1.807, 2.05) is 6.08 Å². The SMILES string of the molecule is C=CC(C)(CNC(C)(C)C)Cc1ccc(Cl)cc1F. The van der Waals surface area contributed by atoms with E-state index in [1.165, 1.54) is 6.07 Å². The predicted octanol–water partition coefficient (Wildman–Crippen LogP) is 4.60. The molecule has 0 bridgehead atoms. The highest BCUT2D eigenvalue weighted by Crippen LogP contribution is 2.26. The first-order valence-electron chi connectivity index (χ1n) is 6.48. The van der Waals surface area contributed by atoms with E-state index in [0.29, 0.717) is 17.0 Å². The summed E-state index contributed by atoms with van der Waals surface area (Å²) in [5, 5.41) is 3.87. The van der Waals surface area contributed by atoms with Gasteiger partial charge in [-0.25, -0.2) is 4.39 Å². The molecule has 1 aromatic carbocycles. The fraction of sp³-hybridized carbons (Fsp3) is 0.500. The molecule has 0 aliphatic carbocycles. The lowest BCUT2D eigenvalue weighted by atomic mass is 9.83. The minimum Gasteiger partial charge on any atom is -0.311 e. The van der Waals surface area contributed by atoms with Gasteiger partial charge in [-0.05, 0) is 44.9 Å². The van der Waals surface area contributed by atoms with Gasteiger partial charge in [-0.3, -0.25) is 0 Å². The highest BCUT2D eigenvalue weighted by molar-refractivity contribution is 6.30. The van der Waals surface area contributed by atoms with Gasteiger partial charge in [0.1, 0.15) is 5.82 Å². The van der Waals surface area contributed by atoms with Crippen LogP contribution in [0.1, 0.15) is 33.3 Å². The third kappa shape index (κ3) is 5.33. The van der Waals surface area contributed by atoms with Crippen molar-refractivity contribution in [2.45, 2.75) is 39.7 Å². The fourth-order valence-electron chi connectivity index (χ4n) is 1.77. The Balaban J connectivity index is 2.82. The van der Waals surface area contributed by atoms with E-state index in [-0.39, 0.29) is 16.8 Å². The normalized spacial score (nSPS) is 15.1. The molecule has 106 valence electrons. The van der Waals surface area contributed by atoms with E-state index >= 15 is 0 Å². The Hall–Kier alpha value is -0.860. The van der Waals surface area contributed by atoms with Crippen molar-refractivity contribution in [2.24, 2.45) is 5.41 Å². The number of nitrogens with one attached hydrogen (secondary N) is 1. The molecule has 1 unspecified atom stereocenters. The Morgan fingerprint density at radius 1 is 1.32 bits per heavy atom. The molecular formula is C16H23ClFN. The predicted molar refractivity (Wildman–Crippen MR) is 81.2 cm³/mol. The van der Waals surface area contributed by atoms with Crippen LogP contribution >= 0.6 is 11.6 Å². The van der Waals surface area contributed by atoms with Crippen molar-refractivity contribution in [3.05, 3.63) is 47.3 Å². The van der Waals surface area contributed by atoms with Gasteiger partial charge in [0.25, 0.3) is 0 Å². The van der Waals surface area contributed by atoms with Crippen LogP contribution in [0.2, 0.25) is 5.02 Å². The Morgan fingerprint density at radius 2 is 1.95 bits per heavy atom. The second kappa shape index (κ2) is 6.06. The van der Waals surface area contributed by atoms with Crippen molar-refractivity contribution in [3.8, 4) is 0 Å². The Labute approximate surface area is 120 Å². The molecule has 0 aliphatic heterocycles. The lowest BCUT2D eigenvalue weighted by molar-refractivity contribution is 0.320. The summed E-state index contributed by atoms with van der Waals surface area (Å²) in [6.07, 6.45) is 2.49. The monoisotopic (exact) mass is 283 g/mol. The topological polar surface area (TPSA) is 12.0 Å². The number of benzene rings is 1. The first-order chi connectivity index (χ1) is 8.65. The van der Waals surface area contributed by atoms with Gasteiger partial charge in [-0.1, -0.05) is 30.7 Å². The molecule has 0 heterocycles. The maximum absolute atomic E-state index is 13.9. The molecule has 0 saturated heterocycles. The van der Waals surface area contributed by atoms with Gasteiger partial charge in [0.05, 0.1) is 0 Å². The van der Waals surface area contributed by atoms with Gasteiger partial charge in [0.2, 0.25) is 0 Å². The van der Waals surface area contributed by atoms with Gasteiger partial charge >= 0.3 is 0 Å². The second-order valence-corrected chi connectivity index (χ2v) is 6.81. The lowest BCUT2D eigenvalue weighted by Crippen LogP contribution is -2.43. The summed E-state index contributed by atoms with van der Waals surface area (Å²) >= 11 is 5.77. The summed E-state index contributed by atoms with van der Waals surface area (Å²) in [4.78, 5) is 0. The Kier molecular flexibility index (Phi) is 5.17. The lowest BCUT2D eigenvalue weighted by Gasteiger charge is -2.31. The van der Waals surface area contributed by atoms with Crippen molar-refractivity contribution in [2.75, 3.05) is 6.54 Å². The van der Waals surface area contributed by atoms with Gasteiger partial charge in [0, 0.05) is 22.5 Å². The van der Waals surface area contributed by atoms with Crippen molar-refractivity contribution in [3.63, 3.8) is 0 Å². The third-order valence-electron chi connectivity index (χ3n) is 3.12. The molecule has 0 amide bonds. The van der Waals surface area contributed by atoms with E-state index in [9.17, 15) is 4.39 Å². The van der Waals surface area contributed by atoms with Crippen LogP contribution in [0.5, 0.6) is 0 Å². The maximum atomic E-state index is 13.9. The van der Waals surface area contributed by atoms with Crippen LogP contribution in [0, 0.1) is 11.2 Å². The average Bonchev–Trinajstić information content (AvgIpc) is 2.30. The first-order valence-corrected chi connectivity index (χ1v) is 6.86. The zero-order valence-electron chi connectivity index (χ0n) is 12.2. The maximum Gasteiger partial charge on any atom is 0.127 e. The van der Waals surface area contributed by atoms with Crippen LogP contribution in [0.3, 0.4) is 0 Å². The van der Waals surface area contributed by atoms with Gasteiger partial charge in [-0.15, -0.1) is 6.58 Å². The van der Waals surface area contributed by atoms with E-state index in [2.05, 4.69) is 39.6 Å². The highest BCUT2D eigenvalue weighted by Gasteiger charge is 2.24. The highest BCUT2D eigenvalue weighted by atomic mass is 35.5. The Morgan fingerprint density at radius 3 is 2.42 bits per heavy atom. The number of hydrogen-bond donors (Lipinski definition) is 1. The third-order valence-corrected chi connectivity index (χ3v) is 3.36. The van der Waals surface area contributed by atoms with Gasteiger partial charge < -0.3 is 5.32 Å². The smallest absolute Gasteiger partial charge is 0.127 e. The molecule has 3 heteroatoms. The van der Waals surface area contributed by atoms with Crippen molar-refractivity contribution >= 4 is 11.6 Å².